The van der Waals surface area contributed by atoms with Crippen LogP contribution in [0.3, 0.4) is 0 Å². The van der Waals surface area contributed by atoms with E-state index in [0.717, 1.165) is 16.0 Å². The number of benzene rings is 2. The summed E-state index contributed by atoms with van der Waals surface area (Å²) in [5.74, 6) is 0.513. The van der Waals surface area contributed by atoms with Crippen LogP contribution in [0.4, 0.5) is 0 Å². The van der Waals surface area contributed by atoms with Gasteiger partial charge in [0.1, 0.15) is 0 Å². The van der Waals surface area contributed by atoms with E-state index in [-0.39, 0.29) is 12.5 Å². The number of carbonyl (C=O) groups is 2. The summed E-state index contributed by atoms with van der Waals surface area (Å²) in [6, 6.07) is 16.9. The molecule has 0 fully saturated rings. The van der Waals surface area contributed by atoms with Crippen molar-refractivity contribution in [2.24, 2.45) is 0 Å². The van der Waals surface area contributed by atoms with Crippen LogP contribution in [-0.4, -0.2) is 49.1 Å². The molecule has 1 aliphatic rings. The van der Waals surface area contributed by atoms with Gasteiger partial charge in [-0.25, -0.2) is 9.78 Å². The quantitative estimate of drug-likeness (QED) is 0.366. The van der Waals surface area contributed by atoms with Crippen molar-refractivity contribution in [2.75, 3.05) is 27.4 Å². The molecule has 4 aromatic rings. The Balaban J connectivity index is 1.32. The van der Waals surface area contributed by atoms with Gasteiger partial charge < -0.3 is 19.1 Å². The molecule has 35 heavy (non-hydrogen) atoms. The molecule has 0 saturated carbocycles. The topological polar surface area (TPSA) is 78.0 Å². The van der Waals surface area contributed by atoms with E-state index < -0.39 is 5.97 Å². The molecular weight excluding hydrogens is 464 g/mol. The van der Waals surface area contributed by atoms with Crippen molar-refractivity contribution < 1.29 is 23.8 Å². The zero-order valence-electron chi connectivity index (χ0n) is 19.4. The molecule has 3 heterocycles. The van der Waals surface area contributed by atoms with Crippen LogP contribution < -0.4 is 9.47 Å². The lowest BCUT2D eigenvalue weighted by Crippen LogP contribution is -2.38. The minimum Gasteiger partial charge on any atom is -0.493 e. The Hall–Kier alpha value is -3.91. The number of methoxy groups -OCH3 is 2. The number of hydrogen-bond acceptors (Lipinski definition) is 7. The van der Waals surface area contributed by atoms with Crippen LogP contribution in [0.2, 0.25) is 0 Å². The fraction of sp³-hybridized carbons (Fsp3) is 0.222. The summed E-state index contributed by atoms with van der Waals surface area (Å²) in [6.45, 7) is 0.638. The minimum absolute atomic E-state index is 0.240. The lowest BCUT2D eigenvalue weighted by molar-refractivity contribution is -0.135. The lowest BCUT2D eigenvalue weighted by Gasteiger charge is -2.29. The number of esters is 1. The van der Waals surface area contributed by atoms with Gasteiger partial charge in [-0.3, -0.25) is 4.79 Å². The zero-order chi connectivity index (χ0) is 24.4. The summed E-state index contributed by atoms with van der Waals surface area (Å²) in [7, 11) is 3.19. The maximum absolute atomic E-state index is 13.1. The number of para-hydroxylation sites is 1. The molecule has 5 rings (SSSR count). The molecule has 0 N–H and O–H groups in total. The van der Waals surface area contributed by atoms with E-state index >= 15 is 0 Å². The third-order valence-corrected chi connectivity index (χ3v) is 7.00. The zero-order valence-corrected chi connectivity index (χ0v) is 20.3. The van der Waals surface area contributed by atoms with Crippen LogP contribution >= 0.6 is 11.3 Å². The predicted octanol–water partition coefficient (Wildman–Crippen LogP) is 4.72. The van der Waals surface area contributed by atoms with E-state index in [9.17, 15) is 9.59 Å². The maximum atomic E-state index is 13.1. The Labute approximate surface area is 206 Å². The van der Waals surface area contributed by atoms with Crippen LogP contribution in [0, 0.1) is 0 Å². The molecule has 0 unspecified atom stereocenters. The summed E-state index contributed by atoms with van der Waals surface area (Å²) >= 11 is 1.55. The van der Waals surface area contributed by atoms with E-state index in [4.69, 9.17) is 14.2 Å². The van der Waals surface area contributed by atoms with Crippen molar-refractivity contribution in [3.63, 3.8) is 0 Å². The minimum atomic E-state index is -0.543. The van der Waals surface area contributed by atoms with Gasteiger partial charge in [-0.2, -0.15) is 0 Å². The summed E-state index contributed by atoms with van der Waals surface area (Å²) in [6.07, 6.45) is 0.689. The molecule has 7 nitrogen and oxygen atoms in total. The predicted molar refractivity (Wildman–Crippen MR) is 134 cm³/mol. The van der Waals surface area contributed by atoms with Gasteiger partial charge in [0.15, 0.2) is 18.1 Å². The summed E-state index contributed by atoms with van der Waals surface area (Å²) in [4.78, 5) is 33.3. The van der Waals surface area contributed by atoms with Gasteiger partial charge in [0.05, 0.1) is 35.9 Å². The van der Waals surface area contributed by atoms with Crippen molar-refractivity contribution in [3.05, 3.63) is 76.7 Å². The molecule has 0 aliphatic carbocycles. The van der Waals surface area contributed by atoms with Gasteiger partial charge in [0.25, 0.3) is 5.91 Å². The van der Waals surface area contributed by atoms with Gasteiger partial charge >= 0.3 is 5.97 Å². The lowest BCUT2D eigenvalue weighted by atomic mass is 9.99. The first-order valence-electron chi connectivity index (χ1n) is 11.2. The fourth-order valence-electron chi connectivity index (χ4n) is 4.29. The van der Waals surface area contributed by atoms with E-state index in [1.54, 1.807) is 36.5 Å². The van der Waals surface area contributed by atoms with E-state index in [1.165, 1.54) is 0 Å². The number of aromatic nitrogens is 1. The van der Waals surface area contributed by atoms with Crippen molar-refractivity contribution in [2.45, 2.75) is 13.0 Å². The molecule has 0 spiro atoms. The highest BCUT2D eigenvalue weighted by molar-refractivity contribution is 7.13. The molecule has 0 atom stereocenters. The molecule has 0 saturated heterocycles. The first-order chi connectivity index (χ1) is 17.1. The van der Waals surface area contributed by atoms with E-state index in [0.29, 0.717) is 53.2 Å². The monoisotopic (exact) mass is 488 g/mol. The first-order valence-corrected chi connectivity index (χ1v) is 12.1. The largest absolute Gasteiger partial charge is 0.493 e. The molecule has 1 amide bonds. The van der Waals surface area contributed by atoms with Crippen LogP contribution in [0.5, 0.6) is 11.5 Å². The van der Waals surface area contributed by atoms with Crippen LogP contribution in [0.25, 0.3) is 21.5 Å². The Morgan fingerprint density at radius 3 is 2.51 bits per heavy atom. The van der Waals surface area contributed by atoms with Crippen LogP contribution in [-0.2, 0) is 22.5 Å². The van der Waals surface area contributed by atoms with Gasteiger partial charge in [-0.15, -0.1) is 11.3 Å². The normalized spacial score (nSPS) is 12.8. The number of carbonyl (C=O) groups excluding carboxylic acids is 2. The van der Waals surface area contributed by atoms with Crippen molar-refractivity contribution in [1.82, 2.24) is 9.88 Å². The molecule has 178 valence electrons. The van der Waals surface area contributed by atoms with E-state index in [1.807, 2.05) is 53.9 Å². The van der Waals surface area contributed by atoms with Crippen molar-refractivity contribution in [3.8, 4) is 22.1 Å². The smallest absolute Gasteiger partial charge is 0.339 e. The summed E-state index contributed by atoms with van der Waals surface area (Å²) in [5, 5.41) is 2.66. The van der Waals surface area contributed by atoms with Gasteiger partial charge in [-0.05, 0) is 53.3 Å². The number of thiophene rings is 1. The Bertz CT molecular complexity index is 1400. The number of ether oxygens (including phenoxy) is 3. The van der Waals surface area contributed by atoms with Crippen LogP contribution in [0.15, 0.2) is 60.0 Å². The standard InChI is InChI=1S/C27H24N2O5S/c1-32-23-12-17-9-10-29(15-18(17)13-24(23)33-2)26(30)16-34-27(31)20-14-22(25-8-5-11-35-25)28-21-7-4-3-6-19(20)21/h3-8,11-14H,9-10,15-16H2,1-2H3. The second-order valence-corrected chi connectivity index (χ2v) is 9.11. The second kappa shape index (κ2) is 9.76. The SMILES string of the molecule is COc1cc2c(cc1OC)CN(C(=O)COC(=O)c1cc(-c3cccs3)nc3ccccc13)CC2. The third kappa shape index (κ3) is 4.57. The molecule has 2 aromatic heterocycles. The fourth-order valence-corrected chi connectivity index (χ4v) is 4.97. The highest BCUT2D eigenvalue weighted by Crippen LogP contribution is 2.33. The molecule has 1 aliphatic heterocycles. The number of nitrogens with zero attached hydrogens (tertiary/aromatic N) is 2. The Morgan fingerprint density at radius 1 is 1.00 bits per heavy atom. The first kappa shape index (κ1) is 22.9. The van der Waals surface area contributed by atoms with E-state index in [2.05, 4.69) is 4.98 Å². The number of fused-ring (bicyclic) bond motifs is 2. The average Bonchev–Trinajstić information content (AvgIpc) is 3.45. The molecule has 0 radical (unpaired) electrons. The number of amides is 1. The van der Waals surface area contributed by atoms with Crippen molar-refractivity contribution >= 4 is 34.1 Å². The molecule has 8 heteroatoms. The maximum Gasteiger partial charge on any atom is 0.339 e. The van der Waals surface area contributed by atoms with Gasteiger partial charge in [-0.1, -0.05) is 24.3 Å². The highest BCUT2D eigenvalue weighted by atomic mass is 32.1. The molecular formula is C27H24N2O5S. The number of rotatable bonds is 6. The average molecular weight is 489 g/mol. The molecule has 0 bridgehead atoms. The number of hydrogen-bond donors (Lipinski definition) is 0. The Morgan fingerprint density at radius 2 is 1.77 bits per heavy atom. The highest BCUT2D eigenvalue weighted by Gasteiger charge is 2.24. The summed E-state index contributed by atoms with van der Waals surface area (Å²) < 4.78 is 16.3. The Kier molecular flexibility index (Phi) is 6.37. The van der Waals surface area contributed by atoms with Crippen LogP contribution in [0.1, 0.15) is 21.5 Å². The number of pyridine rings is 1. The van der Waals surface area contributed by atoms with Crippen molar-refractivity contribution in [1.29, 1.82) is 0 Å². The molecule has 2 aromatic carbocycles. The van der Waals surface area contributed by atoms with Gasteiger partial charge in [0, 0.05) is 18.5 Å². The summed E-state index contributed by atoms with van der Waals surface area (Å²) in [5.41, 5.74) is 3.91. The second-order valence-electron chi connectivity index (χ2n) is 8.17. The van der Waals surface area contributed by atoms with Gasteiger partial charge in [0.2, 0.25) is 0 Å². The third-order valence-electron chi connectivity index (χ3n) is 6.11.